The number of hydrogen-bond donors (Lipinski definition) is 1. The van der Waals surface area contributed by atoms with E-state index in [2.05, 4.69) is 17.1 Å². The summed E-state index contributed by atoms with van der Waals surface area (Å²) in [7, 11) is 0. The van der Waals surface area contributed by atoms with Crippen molar-refractivity contribution in [2.75, 3.05) is 5.73 Å². The number of aromatic nitrogens is 2. The van der Waals surface area contributed by atoms with E-state index in [1.165, 1.54) is 6.42 Å². The van der Waals surface area contributed by atoms with Crippen LogP contribution in [0.5, 0.6) is 0 Å². The first-order valence-corrected chi connectivity index (χ1v) is 6.42. The average molecular weight is 243 g/mol. The van der Waals surface area contributed by atoms with Crippen molar-refractivity contribution in [3.8, 4) is 11.5 Å². The van der Waals surface area contributed by atoms with Gasteiger partial charge < -0.3 is 10.3 Å². The fraction of sp³-hybridized carbons (Fsp3) is 0.429. The molecule has 2 aromatic rings. The summed E-state index contributed by atoms with van der Waals surface area (Å²) in [4.78, 5) is 4.50. The monoisotopic (exact) mass is 243 g/mol. The van der Waals surface area contributed by atoms with Crippen molar-refractivity contribution in [3.05, 3.63) is 30.1 Å². The highest BCUT2D eigenvalue weighted by Gasteiger charge is 2.26. The van der Waals surface area contributed by atoms with Crippen molar-refractivity contribution in [1.29, 1.82) is 0 Å². The molecule has 0 aliphatic heterocycles. The predicted octanol–water partition coefficient (Wildman–Crippen LogP) is 3.22. The van der Waals surface area contributed by atoms with E-state index < -0.39 is 0 Å². The van der Waals surface area contributed by atoms with Crippen molar-refractivity contribution < 1.29 is 4.52 Å². The molecule has 0 saturated heterocycles. The third-order valence-corrected chi connectivity index (χ3v) is 3.64. The van der Waals surface area contributed by atoms with Crippen LogP contribution >= 0.6 is 0 Å². The summed E-state index contributed by atoms with van der Waals surface area (Å²) in [5.41, 5.74) is 7.35. The number of benzene rings is 1. The van der Waals surface area contributed by atoms with E-state index in [-0.39, 0.29) is 0 Å². The maximum Gasteiger partial charge on any atom is 0.258 e. The zero-order valence-corrected chi connectivity index (χ0v) is 10.5. The van der Waals surface area contributed by atoms with Gasteiger partial charge in [-0.25, -0.2) is 0 Å². The van der Waals surface area contributed by atoms with Crippen LogP contribution in [0.25, 0.3) is 11.5 Å². The fourth-order valence-electron chi connectivity index (χ4n) is 2.63. The molecule has 4 nitrogen and oxygen atoms in total. The Kier molecular flexibility index (Phi) is 2.78. The van der Waals surface area contributed by atoms with Gasteiger partial charge in [0.25, 0.3) is 5.89 Å². The minimum Gasteiger partial charge on any atom is -0.399 e. The lowest BCUT2D eigenvalue weighted by Crippen LogP contribution is -1.96. The lowest BCUT2D eigenvalue weighted by Gasteiger charge is -2.01. The van der Waals surface area contributed by atoms with Crippen LogP contribution in [0.3, 0.4) is 0 Å². The van der Waals surface area contributed by atoms with Gasteiger partial charge in [0.05, 0.1) is 0 Å². The summed E-state index contributed by atoms with van der Waals surface area (Å²) in [6.07, 6.45) is 3.58. The Balaban J connectivity index is 1.85. The highest BCUT2D eigenvalue weighted by atomic mass is 16.5. The van der Waals surface area contributed by atoms with Crippen LogP contribution in [0, 0.1) is 5.92 Å². The molecule has 1 saturated carbocycles. The standard InChI is InChI=1S/C14H17N3O/c1-9-5-6-10(7-9)13-16-14(18-17-13)11-3-2-4-12(15)8-11/h2-4,8-10H,5-7,15H2,1H3. The van der Waals surface area contributed by atoms with Gasteiger partial charge in [-0.1, -0.05) is 18.1 Å². The largest absolute Gasteiger partial charge is 0.399 e. The normalized spacial score (nSPS) is 23.4. The molecule has 4 heteroatoms. The van der Waals surface area contributed by atoms with Crippen molar-refractivity contribution >= 4 is 5.69 Å². The molecule has 1 aromatic heterocycles. The molecular weight excluding hydrogens is 226 g/mol. The number of hydrogen-bond acceptors (Lipinski definition) is 4. The third kappa shape index (κ3) is 2.10. The number of nitrogens with two attached hydrogens (primary N) is 1. The summed E-state index contributed by atoms with van der Waals surface area (Å²) in [5.74, 6) is 2.64. The zero-order valence-electron chi connectivity index (χ0n) is 10.5. The minimum atomic E-state index is 0.457. The van der Waals surface area contributed by atoms with Crippen molar-refractivity contribution in [3.63, 3.8) is 0 Å². The predicted molar refractivity (Wildman–Crippen MR) is 69.9 cm³/mol. The van der Waals surface area contributed by atoms with Crippen molar-refractivity contribution in [1.82, 2.24) is 10.1 Å². The van der Waals surface area contributed by atoms with Crippen molar-refractivity contribution in [2.45, 2.75) is 32.1 Å². The molecule has 2 unspecified atom stereocenters. The first kappa shape index (κ1) is 11.3. The minimum absolute atomic E-state index is 0.457. The number of nitrogen functional groups attached to an aromatic ring is 1. The second-order valence-corrected chi connectivity index (χ2v) is 5.20. The van der Waals surface area contributed by atoms with Crippen molar-refractivity contribution in [2.24, 2.45) is 5.92 Å². The molecule has 18 heavy (non-hydrogen) atoms. The molecule has 0 spiro atoms. The van der Waals surface area contributed by atoms with Gasteiger partial charge in [-0.05, 0) is 43.4 Å². The molecule has 1 aliphatic carbocycles. The summed E-state index contributed by atoms with van der Waals surface area (Å²) >= 11 is 0. The molecule has 3 rings (SSSR count). The molecule has 2 N–H and O–H groups in total. The van der Waals surface area contributed by atoms with E-state index in [0.717, 1.165) is 30.1 Å². The highest BCUT2D eigenvalue weighted by molar-refractivity contribution is 5.59. The molecule has 94 valence electrons. The smallest absolute Gasteiger partial charge is 0.258 e. The maximum atomic E-state index is 5.75. The van der Waals surface area contributed by atoms with Gasteiger partial charge in [-0.3, -0.25) is 0 Å². The zero-order chi connectivity index (χ0) is 12.5. The second kappa shape index (κ2) is 4.44. The van der Waals surface area contributed by atoms with Gasteiger partial charge in [0.2, 0.25) is 0 Å². The lowest BCUT2D eigenvalue weighted by atomic mass is 10.1. The Morgan fingerprint density at radius 3 is 2.94 bits per heavy atom. The molecule has 1 aliphatic rings. The summed E-state index contributed by atoms with van der Waals surface area (Å²) in [5, 5.41) is 4.11. The number of anilines is 1. The van der Waals surface area contributed by atoms with Crippen LogP contribution in [0.4, 0.5) is 5.69 Å². The fourth-order valence-corrected chi connectivity index (χ4v) is 2.63. The Morgan fingerprint density at radius 2 is 2.22 bits per heavy atom. The van der Waals surface area contributed by atoms with Gasteiger partial charge in [0.15, 0.2) is 5.82 Å². The van der Waals surface area contributed by atoms with E-state index in [1.807, 2.05) is 24.3 Å². The molecule has 0 amide bonds. The maximum absolute atomic E-state index is 5.75. The van der Waals surface area contributed by atoms with Crippen LogP contribution in [-0.2, 0) is 0 Å². The van der Waals surface area contributed by atoms with Gasteiger partial charge in [-0.15, -0.1) is 0 Å². The summed E-state index contributed by atoms with van der Waals surface area (Å²) in [6.45, 7) is 2.28. The Morgan fingerprint density at radius 1 is 1.33 bits per heavy atom. The SMILES string of the molecule is CC1CCC(c2noc(-c3cccc(N)c3)n2)C1. The molecular formula is C14H17N3O. The Bertz CT molecular complexity index is 549. The lowest BCUT2D eigenvalue weighted by molar-refractivity contribution is 0.414. The summed E-state index contributed by atoms with van der Waals surface area (Å²) < 4.78 is 5.34. The van der Waals surface area contributed by atoms with E-state index in [0.29, 0.717) is 17.5 Å². The highest BCUT2D eigenvalue weighted by Crippen LogP contribution is 2.37. The average Bonchev–Trinajstić information content (AvgIpc) is 2.97. The topological polar surface area (TPSA) is 64.9 Å². The van der Waals surface area contributed by atoms with Gasteiger partial charge >= 0.3 is 0 Å². The first-order valence-electron chi connectivity index (χ1n) is 6.42. The van der Waals surface area contributed by atoms with E-state index in [4.69, 9.17) is 10.3 Å². The third-order valence-electron chi connectivity index (χ3n) is 3.64. The van der Waals surface area contributed by atoms with E-state index in [9.17, 15) is 0 Å². The quantitative estimate of drug-likeness (QED) is 0.822. The van der Waals surface area contributed by atoms with Crippen LogP contribution in [-0.4, -0.2) is 10.1 Å². The van der Waals surface area contributed by atoms with E-state index in [1.54, 1.807) is 0 Å². The summed E-state index contributed by atoms with van der Waals surface area (Å²) in [6, 6.07) is 7.53. The molecule has 1 heterocycles. The number of rotatable bonds is 2. The molecule has 1 aromatic carbocycles. The van der Waals surface area contributed by atoms with Gasteiger partial charge in [-0.2, -0.15) is 4.98 Å². The van der Waals surface area contributed by atoms with Crippen LogP contribution in [0.1, 0.15) is 37.9 Å². The second-order valence-electron chi connectivity index (χ2n) is 5.20. The Hall–Kier alpha value is -1.84. The van der Waals surface area contributed by atoms with Gasteiger partial charge in [0.1, 0.15) is 0 Å². The van der Waals surface area contributed by atoms with Crippen LogP contribution in [0.2, 0.25) is 0 Å². The van der Waals surface area contributed by atoms with Crippen LogP contribution < -0.4 is 5.73 Å². The molecule has 0 radical (unpaired) electrons. The van der Waals surface area contributed by atoms with E-state index >= 15 is 0 Å². The Labute approximate surface area is 106 Å². The first-order chi connectivity index (χ1) is 8.72. The molecule has 2 atom stereocenters. The number of nitrogens with zero attached hydrogens (tertiary/aromatic N) is 2. The van der Waals surface area contributed by atoms with Gasteiger partial charge in [0, 0.05) is 17.2 Å². The van der Waals surface area contributed by atoms with Crippen LogP contribution in [0.15, 0.2) is 28.8 Å². The molecule has 1 fully saturated rings. The molecule has 0 bridgehead atoms.